The van der Waals surface area contributed by atoms with Crippen LogP contribution >= 0.6 is 0 Å². The lowest BCUT2D eigenvalue weighted by Crippen LogP contribution is -2.16. The van der Waals surface area contributed by atoms with Crippen molar-refractivity contribution in [3.05, 3.63) is 89.0 Å². The zero-order chi connectivity index (χ0) is 15.8. The molecule has 0 aromatic heterocycles. The maximum atomic E-state index is 9.48. The molecule has 2 nitrogen and oxygen atoms in total. The second kappa shape index (κ2) is 5.30. The molecule has 0 bridgehead atoms. The normalized spacial score (nSPS) is 16.9. The van der Waals surface area contributed by atoms with Gasteiger partial charge in [-0.25, -0.2) is 0 Å². The molecule has 1 aliphatic carbocycles. The zero-order valence-electron chi connectivity index (χ0n) is 12.7. The average molecular weight is 296 g/mol. The van der Waals surface area contributed by atoms with Crippen molar-refractivity contribution in [2.24, 2.45) is 5.73 Å². The molecule has 0 radical (unpaired) electrons. The number of benzene rings is 3. The van der Waals surface area contributed by atoms with Crippen molar-refractivity contribution < 1.29 is 0 Å². The minimum Gasteiger partial charge on any atom is -0.397 e. The molecule has 1 atom stereocenters. The van der Waals surface area contributed by atoms with E-state index in [9.17, 15) is 5.26 Å². The van der Waals surface area contributed by atoms with Crippen LogP contribution in [0.1, 0.15) is 29.0 Å². The van der Waals surface area contributed by atoms with Crippen LogP contribution in [-0.2, 0) is 0 Å². The van der Waals surface area contributed by atoms with E-state index in [4.69, 9.17) is 5.73 Å². The van der Waals surface area contributed by atoms with Gasteiger partial charge in [0.1, 0.15) is 0 Å². The summed E-state index contributed by atoms with van der Waals surface area (Å²) in [5.41, 5.74) is 11.0. The van der Waals surface area contributed by atoms with E-state index in [0.29, 0.717) is 17.7 Å². The molecule has 3 aromatic carbocycles. The number of hydrogen-bond acceptors (Lipinski definition) is 2. The average Bonchev–Trinajstić information content (AvgIpc) is 2.62. The van der Waals surface area contributed by atoms with E-state index in [1.165, 1.54) is 21.9 Å². The molecule has 1 unspecified atom stereocenters. The summed E-state index contributed by atoms with van der Waals surface area (Å²) in [6.07, 6.45) is 0.660. The van der Waals surface area contributed by atoms with Gasteiger partial charge in [-0.15, -0.1) is 0 Å². The Kier molecular flexibility index (Phi) is 3.13. The molecule has 0 amide bonds. The molecular formula is C21H16N2. The first-order chi connectivity index (χ1) is 11.3. The summed E-state index contributed by atoms with van der Waals surface area (Å²) in [5, 5.41) is 11.9. The van der Waals surface area contributed by atoms with Gasteiger partial charge in [-0.1, -0.05) is 66.7 Å². The van der Waals surface area contributed by atoms with Crippen LogP contribution in [0.25, 0.3) is 16.5 Å². The highest BCUT2D eigenvalue weighted by molar-refractivity contribution is 5.87. The second-order valence-corrected chi connectivity index (χ2v) is 5.92. The standard InChI is InChI=1S/C21H16N2/c22-13-15-12-20(18-9-3-4-10-19(18)21(15)23)17-11-5-7-14-6-1-2-8-16(14)17/h1-11,20H,12,23H2. The molecule has 0 saturated heterocycles. The van der Waals surface area contributed by atoms with Gasteiger partial charge in [-0.05, 0) is 28.3 Å². The van der Waals surface area contributed by atoms with Crippen molar-refractivity contribution in [3.63, 3.8) is 0 Å². The van der Waals surface area contributed by atoms with Gasteiger partial charge >= 0.3 is 0 Å². The highest BCUT2D eigenvalue weighted by atomic mass is 14.6. The van der Waals surface area contributed by atoms with Crippen LogP contribution < -0.4 is 5.73 Å². The maximum Gasteiger partial charge on any atom is 0.0969 e. The van der Waals surface area contributed by atoms with Crippen LogP contribution in [0.4, 0.5) is 0 Å². The van der Waals surface area contributed by atoms with Crippen LogP contribution in [-0.4, -0.2) is 0 Å². The predicted molar refractivity (Wildman–Crippen MR) is 93.6 cm³/mol. The summed E-state index contributed by atoms with van der Waals surface area (Å²) in [6.45, 7) is 0. The van der Waals surface area contributed by atoms with Crippen LogP contribution in [0.3, 0.4) is 0 Å². The molecule has 0 heterocycles. The number of rotatable bonds is 1. The monoisotopic (exact) mass is 296 g/mol. The largest absolute Gasteiger partial charge is 0.397 e. The van der Waals surface area contributed by atoms with Gasteiger partial charge in [0.25, 0.3) is 0 Å². The molecule has 4 rings (SSSR count). The Hall–Kier alpha value is -3.05. The van der Waals surface area contributed by atoms with E-state index in [2.05, 4.69) is 54.6 Å². The highest BCUT2D eigenvalue weighted by Crippen LogP contribution is 2.42. The molecule has 23 heavy (non-hydrogen) atoms. The summed E-state index contributed by atoms with van der Waals surface area (Å²) in [5.74, 6) is 0.166. The SMILES string of the molecule is N#CC1=C(N)c2ccccc2C(c2cccc3ccccc23)C1. The van der Waals surface area contributed by atoms with Crippen molar-refractivity contribution in [1.82, 2.24) is 0 Å². The van der Waals surface area contributed by atoms with Gasteiger partial charge in [0.15, 0.2) is 0 Å². The Bertz CT molecular complexity index is 971. The molecule has 0 spiro atoms. The Morgan fingerprint density at radius 3 is 2.43 bits per heavy atom. The maximum absolute atomic E-state index is 9.48. The van der Waals surface area contributed by atoms with Crippen LogP contribution in [0.5, 0.6) is 0 Å². The fourth-order valence-corrected chi connectivity index (χ4v) is 3.57. The van der Waals surface area contributed by atoms with Crippen molar-refractivity contribution in [3.8, 4) is 6.07 Å². The minimum atomic E-state index is 0.166. The highest BCUT2D eigenvalue weighted by Gasteiger charge is 2.27. The topological polar surface area (TPSA) is 49.8 Å². The number of nitrogens with two attached hydrogens (primary N) is 1. The molecule has 110 valence electrons. The quantitative estimate of drug-likeness (QED) is 0.715. The molecule has 2 N–H and O–H groups in total. The Morgan fingerprint density at radius 1 is 0.870 bits per heavy atom. The fourth-order valence-electron chi connectivity index (χ4n) is 3.57. The Balaban J connectivity index is 1.98. The third-order valence-electron chi connectivity index (χ3n) is 4.69. The molecular weight excluding hydrogens is 280 g/mol. The minimum absolute atomic E-state index is 0.166. The first-order valence-electron chi connectivity index (χ1n) is 7.75. The fraction of sp³-hybridized carbons (Fsp3) is 0.0952. The van der Waals surface area contributed by atoms with Crippen LogP contribution in [0.15, 0.2) is 72.3 Å². The molecule has 0 saturated carbocycles. The molecule has 0 fully saturated rings. The van der Waals surface area contributed by atoms with Gasteiger partial charge in [0.05, 0.1) is 17.3 Å². The van der Waals surface area contributed by atoms with Crippen LogP contribution in [0.2, 0.25) is 0 Å². The summed E-state index contributed by atoms with van der Waals surface area (Å²) in [7, 11) is 0. The number of allylic oxidation sites excluding steroid dienone is 1. The number of nitrogens with zero attached hydrogens (tertiary/aromatic N) is 1. The third kappa shape index (κ3) is 2.10. The van der Waals surface area contributed by atoms with Gasteiger partial charge in [0.2, 0.25) is 0 Å². The van der Waals surface area contributed by atoms with E-state index in [1.54, 1.807) is 0 Å². The molecule has 2 heteroatoms. The van der Waals surface area contributed by atoms with E-state index in [0.717, 1.165) is 5.56 Å². The zero-order valence-corrected chi connectivity index (χ0v) is 12.7. The summed E-state index contributed by atoms with van der Waals surface area (Å²) < 4.78 is 0. The van der Waals surface area contributed by atoms with Crippen LogP contribution in [0, 0.1) is 11.3 Å². The number of nitriles is 1. The lowest BCUT2D eigenvalue weighted by molar-refractivity contribution is 0.799. The number of fused-ring (bicyclic) bond motifs is 2. The lowest BCUT2D eigenvalue weighted by atomic mass is 9.77. The third-order valence-corrected chi connectivity index (χ3v) is 4.69. The van der Waals surface area contributed by atoms with Gasteiger partial charge in [0, 0.05) is 11.5 Å². The first-order valence-corrected chi connectivity index (χ1v) is 7.75. The second-order valence-electron chi connectivity index (χ2n) is 5.92. The first kappa shape index (κ1) is 13.6. The van der Waals surface area contributed by atoms with Crippen molar-refractivity contribution >= 4 is 16.5 Å². The molecule has 0 aliphatic heterocycles. The molecule has 1 aliphatic rings. The summed E-state index contributed by atoms with van der Waals surface area (Å²) in [6, 6.07) is 25.2. The summed E-state index contributed by atoms with van der Waals surface area (Å²) >= 11 is 0. The van der Waals surface area contributed by atoms with E-state index in [-0.39, 0.29) is 5.92 Å². The van der Waals surface area contributed by atoms with Crippen molar-refractivity contribution in [1.29, 1.82) is 5.26 Å². The van der Waals surface area contributed by atoms with Gasteiger partial charge in [-0.3, -0.25) is 0 Å². The smallest absolute Gasteiger partial charge is 0.0969 e. The van der Waals surface area contributed by atoms with E-state index >= 15 is 0 Å². The van der Waals surface area contributed by atoms with Gasteiger partial charge < -0.3 is 5.73 Å². The number of hydrogen-bond donors (Lipinski definition) is 1. The molecule has 3 aromatic rings. The van der Waals surface area contributed by atoms with E-state index in [1.807, 2.05) is 18.2 Å². The predicted octanol–water partition coefficient (Wildman–Crippen LogP) is 4.57. The van der Waals surface area contributed by atoms with Crippen molar-refractivity contribution in [2.75, 3.05) is 0 Å². The Labute approximate surface area is 135 Å². The Morgan fingerprint density at radius 2 is 1.57 bits per heavy atom. The van der Waals surface area contributed by atoms with Gasteiger partial charge in [-0.2, -0.15) is 5.26 Å². The van der Waals surface area contributed by atoms with E-state index < -0.39 is 0 Å². The van der Waals surface area contributed by atoms with Crippen molar-refractivity contribution in [2.45, 2.75) is 12.3 Å². The lowest BCUT2D eigenvalue weighted by Gasteiger charge is -2.27. The summed E-state index contributed by atoms with van der Waals surface area (Å²) in [4.78, 5) is 0.